The predicted octanol–water partition coefficient (Wildman–Crippen LogP) is 2.53. The number of aromatic hydroxyl groups is 1. The monoisotopic (exact) mass is 248 g/mol. The zero-order chi connectivity index (χ0) is 13.3. The Kier molecular flexibility index (Phi) is 3.93. The summed E-state index contributed by atoms with van der Waals surface area (Å²) in [5, 5.41) is 10.2. The van der Waals surface area contributed by atoms with Crippen LogP contribution in [0.4, 0.5) is 0 Å². The molecule has 3 nitrogen and oxygen atoms in total. The first-order chi connectivity index (χ1) is 8.56. The maximum absolute atomic E-state index is 10.2. The standard InChI is InChI=1S/C15H24N2O/c1-10-5-6-13(18)15-12(9-11(2)14(10)15)17(3)8-4-7-16/h5-6,11-12,18H,4,7-9,16H2,1-3H3. The summed E-state index contributed by atoms with van der Waals surface area (Å²) in [6, 6.07) is 4.18. The number of hydrogen-bond acceptors (Lipinski definition) is 3. The normalized spacial score (nSPS) is 22.5. The van der Waals surface area contributed by atoms with E-state index in [1.54, 1.807) is 0 Å². The second-order valence-corrected chi connectivity index (χ2v) is 5.50. The first-order valence-corrected chi connectivity index (χ1v) is 6.79. The van der Waals surface area contributed by atoms with Crippen LogP contribution in [0, 0.1) is 6.92 Å². The van der Waals surface area contributed by atoms with E-state index in [1.807, 2.05) is 12.1 Å². The lowest BCUT2D eigenvalue weighted by atomic mass is 9.97. The molecule has 0 bridgehead atoms. The lowest BCUT2D eigenvalue weighted by Crippen LogP contribution is -2.25. The third-order valence-corrected chi connectivity index (χ3v) is 4.13. The average Bonchev–Trinajstić information content (AvgIpc) is 2.70. The van der Waals surface area contributed by atoms with Crippen molar-refractivity contribution in [2.24, 2.45) is 5.73 Å². The first-order valence-electron chi connectivity index (χ1n) is 6.79. The molecule has 1 aromatic carbocycles. The average molecular weight is 248 g/mol. The molecule has 18 heavy (non-hydrogen) atoms. The Morgan fingerprint density at radius 1 is 1.39 bits per heavy atom. The van der Waals surface area contributed by atoms with E-state index in [0.717, 1.165) is 31.5 Å². The summed E-state index contributed by atoms with van der Waals surface area (Å²) in [7, 11) is 2.13. The molecule has 1 aliphatic carbocycles. The Balaban J connectivity index is 2.32. The van der Waals surface area contributed by atoms with Gasteiger partial charge in [-0.05, 0) is 63.0 Å². The zero-order valence-electron chi connectivity index (χ0n) is 11.6. The van der Waals surface area contributed by atoms with E-state index in [1.165, 1.54) is 11.1 Å². The van der Waals surface area contributed by atoms with Gasteiger partial charge in [-0.1, -0.05) is 13.0 Å². The van der Waals surface area contributed by atoms with E-state index in [0.29, 0.717) is 17.7 Å². The van der Waals surface area contributed by atoms with E-state index in [4.69, 9.17) is 5.73 Å². The number of hydrogen-bond donors (Lipinski definition) is 2. The number of aryl methyl sites for hydroxylation is 1. The molecule has 3 heteroatoms. The van der Waals surface area contributed by atoms with Crippen LogP contribution in [-0.2, 0) is 0 Å². The van der Waals surface area contributed by atoms with E-state index in [2.05, 4.69) is 25.8 Å². The highest BCUT2D eigenvalue weighted by Crippen LogP contribution is 2.48. The maximum Gasteiger partial charge on any atom is 0.120 e. The van der Waals surface area contributed by atoms with Crippen molar-refractivity contribution in [1.29, 1.82) is 0 Å². The van der Waals surface area contributed by atoms with Crippen LogP contribution < -0.4 is 5.73 Å². The van der Waals surface area contributed by atoms with Crippen LogP contribution in [0.1, 0.15) is 48.4 Å². The summed E-state index contributed by atoms with van der Waals surface area (Å²) >= 11 is 0. The van der Waals surface area contributed by atoms with Crippen molar-refractivity contribution < 1.29 is 5.11 Å². The largest absolute Gasteiger partial charge is 0.508 e. The molecule has 1 aromatic rings. The Morgan fingerprint density at radius 2 is 2.11 bits per heavy atom. The Hall–Kier alpha value is -1.06. The van der Waals surface area contributed by atoms with Crippen molar-refractivity contribution in [3.63, 3.8) is 0 Å². The number of nitrogens with two attached hydrogens (primary N) is 1. The predicted molar refractivity (Wildman–Crippen MR) is 74.9 cm³/mol. The van der Waals surface area contributed by atoms with Crippen molar-refractivity contribution in [1.82, 2.24) is 4.90 Å². The van der Waals surface area contributed by atoms with Crippen molar-refractivity contribution in [2.75, 3.05) is 20.1 Å². The number of nitrogens with zero attached hydrogens (tertiary/aromatic N) is 1. The first kappa shape index (κ1) is 13.4. The van der Waals surface area contributed by atoms with Gasteiger partial charge in [0, 0.05) is 11.6 Å². The molecule has 0 aliphatic heterocycles. The zero-order valence-corrected chi connectivity index (χ0v) is 11.6. The third kappa shape index (κ3) is 2.25. The summed E-state index contributed by atoms with van der Waals surface area (Å²) in [6.07, 6.45) is 2.10. The van der Waals surface area contributed by atoms with E-state index < -0.39 is 0 Å². The third-order valence-electron chi connectivity index (χ3n) is 4.13. The summed E-state index contributed by atoms with van der Waals surface area (Å²) in [4.78, 5) is 2.33. The highest BCUT2D eigenvalue weighted by Gasteiger charge is 2.34. The maximum atomic E-state index is 10.2. The Bertz CT molecular complexity index is 431. The molecule has 0 aromatic heterocycles. The lowest BCUT2D eigenvalue weighted by Gasteiger charge is -2.25. The van der Waals surface area contributed by atoms with Crippen LogP contribution in [0.3, 0.4) is 0 Å². The summed E-state index contributed by atoms with van der Waals surface area (Å²) in [6.45, 7) is 6.10. The molecule has 0 saturated carbocycles. The second-order valence-electron chi connectivity index (χ2n) is 5.50. The summed E-state index contributed by atoms with van der Waals surface area (Å²) in [5.74, 6) is 0.974. The SMILES string of the molecule is Cc1ccc(O)c2c1C(C)CC2N(C)CCCN. The highest BCUT2D eigenvalue weighted by molar-refractivity contribution is 5.50. The van der Waals surface area contributed by atoms with Gasteiger partial charge < -0.3 is 10.8 Å². The minimum atomic E-state index is 0.335. The van der Waals surface area contributed by atoms with Gasteiger partial charge in [0.1, 0.15) is 5.75 Å². The number of phenols is 1. The van der Waals surface area contributed by atoms with Gasteiger partial charge in [0.2, 0.25) is 0 Å². The number of rotatable bonds is 4. The molecule has 0 saturated heterocycles. The lowest BCUT2D eigenvalue weighted by molar-refractivity contribution is 0.233. The van der Waals surface area contributed by atoms with E-state index in [9.17, 15) is 5.11 Å². The second kappa shape index (κ2) is 5.29. The van der Waals surface area contributed by atoms with Crippen LogP contribution in [0.15, 0.2) is 12.1 Å². The molecular formula is C15H24N2O. The van der Waals surface area contributed by atoms with Gasteiger partial charge in [-0.2, -0.15) is 0 Å². The quantitative estimate of drug-likeness (QED) is 0.861. The molecule has 2 rings (SSSR count). The molecule has 3 N–H and O–H groups in total. The summed E-state index contributed by atoms with van der Waals surface area (Å²) < 4.78 is 0. The highest BCUT2D eigenvalue weighted by atomic mass is 16.3. The number of benzene rings is 1. The van der Waals surface area contributed by atoms with E-state index in [-0.39, 0.29) is 0 Å². The number of phenolic OH excluding ortho intramolecular Hbond substituents is 1. The Labute approximate surface area is 110 Å². The molecule has 0 fully saturated rings. The fraction of sp³-hybridized carbons (Fsp3) is 0.600. The molecule has 0 amide bonds. The van der Waals surface area contributed by atoms with E-state index >= 15 is 0 Å². The molecule has 0 radical (unpaired) electrons. The van der Waals surface area contributed by atoms with Crippen LogP contribution >= 0.6 is 0 Å². The molecule has 2 atom stereocenters. The summed E-state index contributed by atoms with van der Waals surface area (Å²) in [5.41, 5.74) is 9.36. The van der Waals surface area contributed by atoms with Crippen molar-refractivity contribution >= 4 is 0 Å². The van der Waals surface area contributed by atoms with Gasteiger partial charge in [0.05, 0.1) is 0 Å². The van der Waals surface area contributed by atoms with Crippen LogP contribution in [0.5, 0.6) is 5.75 Å². The van der Waals surface area contributed by atoms with Crippen LogP contribution in [-0.4, -0.2) is 30.1 Å². The van der Waals surface area contributed by atoms with Crippen molar-refractivity contribution in [3.8, 4) is 5.75 Å². The fourth-order valence-electron chi connectivity index (χ4n) is 3.21. The molecule has 0 heterocycles. The van der Waals surface area contributed by atoms with Crippen molar-refractivity contribution in [3.05, 3.63) is 28.8 Å². The minimum Gasteiger partial charge on any atom is -0.508 e. The van der Waals surface area contributed by atoms with Gasteiger partial charge in [0.15, 0.2) is 0 Å². The molecule has 100 valence electrons. The van der Waals surface area contributed by atoms with Gasteiger partial charge >= 0.3 is 0 Å². The smallest absolute Gasteiger partial charge is 0.120 e. The van der Waals surface area contributed by atoms with Gasteiger partial charge in [-0.3, -0.25) is 4.90 Å². The van der Waals surface area contributed by atoms with Crippen molar-refractivity contribution in [2.45, 2.75) is 38.6 Å². The fourth-order valence-corrected chi connectivity index (χ4v) is 3.21. The number of fused-ring (bicyclic) bond motifs is 1. The Morgan fingerprint density at radius 3 is 2.78 bits per heavy atom. The molecule has 2 unspecified atom stereocenters. The molecule has 1 aliphatic rings. The molecule has 0 spiro atoms. The van der Waals surface area contributed by atoms with Crippen LogP contribution in [0.25, 0.3) is 0 Å². The molecular weight excluding hydrogens is 224 g/mol. The van der Waals surface area contributed by atoms with Gasteiger partial charge in [0.25, 0.3) is 0 Å². The minimum absolute atomic E-state index is 0.335. The topological polar surface area (TPSA) is 49.5 Å². The van der Waals surface area contributed by atoms with Gasteiger partial charge in [-0.25, -0.2) is 0 Å². The van der Waals surface area contributed by atoms with Crippen LogP contribution in [0.2, 0.25) is 0 Å². The van der Waals surface area contributed by atoms with Gasteiger partial charge in [-0.15, -0.1) is 0 Å².